The van der Waals surface area contributed by atoms with Crippen LogP contribution in [-0.2, 0) is 0 Å². The van der Waals surface area contributed by atoms with Gasteiger partial charge in [0.15, 0.2) is 5.96 Å². The number of nitrogens with zero attached hydrogens (tertiary/aromatic N) is 1. The summed E-state index contributed by atoms with van der Waals surface area (Å²) in [6.07, 6.45) is 2.19. The Morgan fingerprint density at radius 1 is 1.19 bits per heavy atom. The average Bonchev–Trinajstić information content (AvgIpc) is 2.98. The van der Waals surface area contributed by atoms with Gasteiger partial charge in [-0.3, -0.25) is 0 Å². The lowest BCUT2D eigenvalue weighted by Gasteiger charge is -2.08. The van der Waals surface area contributed by atoms with E-state index in [1.807, 2.05) is 0 Å². The van der Waals surface area contributed by atoms with Crippen molar-refractivity contribution in [2.75, 3.05) is 5.32 Å². The zero-order valence-electron chi connectivity index (χ0n) is 8.30. The Hall–Kier alpha value is -0.640. The molecule has 0 radical (unpaired) electrons. The first-order valence-electron chi connectivity index (χ1n) is 4.81. The molecular weight excluding hydrogens is 268 g/mol. The molecule has 3 N–H and O–H groups in total. The summed E-state index contributed by atoms with van der Waals surface area (Å²) < 4.78 is 0. The maximum atomic E-state index is 5.98. The molecule has 1 aliphatic carbocycles. The van der Waals surface area contributed by atoms with Crippen molar-refractivity contribution >= 4 is 46.4 Å². The number of aliphatic imine (C=N–C) groups is 1. The van der Waals surface area contributed by atoms with Crippen LogP contribution in [0.15, 0.2) is 17.1 Å². The summed E-state index contributed by atoms with van der Waals surface area (Å²) in [7, 11) is 0. The predicted molar refractivity (Wildman–Crippen MR) is 69.7 cm³/mol. The number of benzene rings is 1. The lowest BCUT2D eigenvalue weighted by Crippen LogP contribution is -2.23. The van der Waals surface area contributed by atoms with Crippen molar-refractivity contribution < 1.29 is 0 Å². The summed E-state index contributed by atoms with van der Waals surface area (Å²) >= 11 is 17.7. The SMILES string of the molecule is NC(=NC1CC1)Nc1cc(Cl)c(Cl)cc1Cl. The highest BCUT2D eigenvalue weighted by Gasteiger charge is 2.20. The van der Waals surface area contributed by atoms with Gasteiger partial charge in [0, 0.05) is 0 Å². The molecule has 1 aromatic carbocycles. The quantitative estimate of drug-likeness (QED) is 0.494. The third-order valence-electron chi connectivity index (χ3n) is 2.14. The number of hydrogen-bond acceptors (Lipinski definition) is 1. The van der Waals surface area contributed by atoms with Crippen LogP contribution in [0.4, 0.5) is 5.69 Å². The van der Waals surface area contributed by atoms with Gasteiger partial charge in [-0.2, -0.15) is 0 Å². The van der Waals surface area contributed by atoms with Crippen molar-refractivity contribution in [3.63, 3.8) is 0 Å². The fourth-order valence-electron chi connectivity index (χ4n) is 1.19. The van der Waals surface area contributed by atoms with E-state index < -0.39 is 0 Å². The molecule has 86 valence electrons. The number of rotatable bonds is 2. The number of halogens is 3. The smallest absolute Gasteiger partial charge is 0.193 e. The van der Waals surface area contributed by atoms with Crippen LogP contribution >= 0.6 is 34.8 Å². The molecule has 1 aliphatic rings. The minimum absolute atomic E-state index is 0.350. The molecule has 2 rings (SSSR count). The third kappa shape index (κ3) is 2.94. The van der Waals surface area contributed by atoms with Crippen LogP contribution in [0.25, 0.3) is 0 Å². The van der Waals surface area contributed by atoms with Crippen molar-refractivity contribution in [1.29, 1.82) is 0 Å². The van der Waals surface area contributed by atoms with Gasteiger partial charge in [-0.25, -0.2) is 4.99 Å². The zero-order chi connectivity index (χ0) is 11.7. The summed E-state index contributed by atoms with van der Waals surface area (Å²) in [5, 5.41) is 4.20. The van der Waals surface area contributed by atoms with Crippen molar-refractivity contribution in [2.24, 2.45) is 10.7 Å². The molecule has 6 heteroatoms. The van der Waals surface area contributed by atoms with E-state index in [4.69, 9.17) is 40.5 Å². The van der Waals surface area contributed by atoms with E-state index in [1.54, 1.807) is 12.1 Å². The maximum absolute atomic E-state index is 5.98. The van der Waals surface area contributed by atoms with Crippen molar-refractivity contribution in [2.45, 2.75) is 18.9 Å². The molecule has 16 heavy (non-hydrogen) atoms. The van der Waals surface area contributed by atoms with E-state index in [9.17, 15) is 0 Å². The normalized spacial score (nSPS) is 16.3. The standard InChI is InChI=1S/C10H10Cl3N3/c11-6-3-8(13)9(4-7(6)12)16-10(14)15-5-1-2-5/h3-5H,1-2H2,(H3,14,15,16). The van der Waals surface area contributed by atoms with Crippen LogP contribution < -0.4 is 11.1 Å². The third-order valence-corrected chi connectivity index (χ3v) is 3.18. The Morgan fingerprint density at radius 2 is 1.81 bits per heavy atom. The van der Waals surface area contributed by atoms with Gasteiger partial charge < -0.3 is 11.1 Å². The summed E-state index contributed by atoms with van der Waals surface area (Å²) in [6, 6.07) is 3.55. The Balaban J connectivity index is 2.17. The van der Waals surface area contributed by atoms with E-state index in [1.165, 1.54) is 0 Å². The van der Waals surface area contributed by atoms with Crippen LogP contribution in [0.1, 0.15) is 12.8 Å². The highest BCUT2D eigenvalue weighted by atomic mass is 35.5. The Kier molecular flexibility index (Phi) is 3.47. The Labute approximate surface area is 109 Å². The second-order valence-corrected chi connectivity index (χ2v) is 4.84. The maximum Gasteiger partial charge on any atom is 0.193 e. The highest BCUT2D eigenvalue weighted by molar-refractivity contribution is 6.44. The molecule has 0 amide bonds. The molecule has 0 aliphatic heterocycles. The van der Waals surface area contributed by atoms with Gasteiger partial charge in [0.2, 0.25) is 0 Å². The average molecular weight is 279 g/mol. The van der Waals surface area contributed by atoms with Crippen molar-refractivity contribution in [1.82, 2.24) is 0 Å². The predicted octanol–water partition coefficient (Wildman–Crippen LogP) is 3.54. The van der Waals surface area contributed by atoms with Gasteiger partial charge in [-0.1, -0.05) is 34.8 Å². The van der Waals surface area contributed by atoms with E-state index in [2.05, 4.69) is 10.3 Å². The fourth-order valence-corrected chi connectivity index (χ4v) is 1.78. The van der Waals surface area contributed by atoms with Crippen molar-refractivity contribution in [3.05, 3.63) is 27.2 Å². The topological polar surface area (TPSA) is 50.4 Å². The van der Waals surface area contributed by atoms with Gasteiger partial charge in [0.05, 0.1) is 26.8 Å². The minimum atomic E-state index is 0.350. The monoisotopic (exact) mass is 277 g/mol. The Bertz CT molecular complexity index is 441. The molecule has 0 spiro atoms. The van der Waals surface area contributed by atoms with Gasteiger partial charge >= 0.3 is 0 Å². The molecule has 1 fully saturated rings. The summed E-state index contributed by atoms with van der Waals surface area (Å²) in [5.74, 6) is 0.350. The highest BCUT2D eigenvalue weighted by Crippen LogP contribution is 2.32. The van der Waals surface area contributed by atoms with E-state index in [-0.39, 0.29) is 0 Å². The van der Waals surface area contributed by atoms with E-state index >= 15 is 0 Å². The largest absolute Gasteiger partial charge is 0.370 e. The number of guanidine groups is 1. The number of hydrogen-bond donors (Lipinski definition) is 2. The molecule has 0 bridgehead atoms. The lowest BCUT2D eigenvalue weighted by atomic mass is 10.3. The van der Waals surface area contributed by atoms with Crippen LogP contribution in [0, 0.1) is 0 Å². The lowest BCUT2D eigenvalue weighted by molar-refractivity contribution is 1.06. The van der Waals surface area contributed by atoms with Crippen molar-refractivity contribution in [3.8, 4) is 0 Å². The first-order chi connectivity index (χ1) is 7.56. The first kappa shape index (κ1) is 11.8. The van der Waals surface area contributed by atoms with Crippen LogP contribution in [0.3, 0.4) is 0 Å². The van der Waals surface area contributed by atoms with E-state index in [0.717, 1.165) is 12.8 Å². The molecule has 0 heterocycles. The van der Waals surface area contributed by atoms with Crippen LogP contribution in [-0.4, -0.2) is 12.0 Å². The summed E-state index contributed by atoms with van der Waals surface area (Å²) in [4.78, 5) is 4.23. The van der Waals surface area contributed by atoms with E-state index in [0.29, 0.717) is 32.8 Å². The van der Waals surface area contributed by atoms with Gasteiger partial charge in [0.25, 0.3) is 0 Å². The summed E-state index contributed by atoms with van der Waals surface area (Å²) in [5.41, 5.74) is 6.32. The Morgan fingerprint density at radius 3 is 2.44 bits per heavy atom. The fraction of sp³-hybridized carbons (Fsp3) is 0.300. The molecule has 3 nitrogen and oxygen atoms in total. The van der Waals surface area contributed by atoms with Crippen LogP contribution in [0.5, 0.6) is 0 Å². The number of nitrogens with two attached hydrogens (primary N) is 1. The minimum Gasteiger partial charge on any atom is -0.370 e. The summed E-state index contributed by atoms with van der Waals surface area (Å²) in [6.45, 7) is 0. The number of anilines is 1. The van der Waals surface area contributed by atoms with Gasteiger partial charge in [-0.05, 0) is 25.0 Å². The zero-order valence-corrected chi connectivity index (χ0v) is 10.6. The molecule has 0 atom stereocenters. The molecule has 1 saturated carbocycles. The van der Waals surface area contributed by atoms with Gasteiger partial charge in [0.1, 0.15) is 0 Å². The van der Waals surface area contributed by atoms with Gasteiger partial charge in [-0.15, -0.1) is 0 Å². The molecule has 0 unspecified atom stereocenters. The first-order valence-corrected chi connectivity index (χ1v) is 5.94. The molecule has 0 saturated heterocycles. The molecule has 0 aromatic heterocycles. The second-order valence-electron chi connectivity index (χ2n) is 3.62. The molecular formula is C10H10Cl3N3. The molecule has 1 aromatic rings. The second kappa shape index (κ2) is 4.70. The number of nitrogens with one attached hydrogen (secondary N) is 1. The van der Waals surface area contributed by atoms with Crippen LogP contribution in [0.2, 0.25) is 15.1 Å².